The first-order valence-corrected chi connectivity index (χ1v) is 4.63. The van der Waals surface area contributed by atoms with Crippen molar-refractivity contribution < 1.29 is 12.9 Å². The normalized spacial score (nSPS) is 12.8. The highest BCUT2D eigenvalue weighted by molar-refractivity contribution is 7.80. The Balaban J connectivity index is 2.53. The standard InChI is InChI=1S/C7H8O3S2/c8-12(9)10-5-6-1-3-7(11)4-2-6/h1-4,11H,5H2,(H,8,9)/p-1. The monoisotopic (exact) mass is 203 g/mol. The van der Waals surface area contributed by atoms with Gasteiger partial charge >= 0.3 is 0 Å². The molecule has 0 fully saturated rings. The fourth-order valence-corrected chi connectivity index (χ4v) is 1.09. The van der Waals surface area contributed by atoms with Crippen LogP contribution in [-0.4, -0.2) is 8.76 Å². The van der Waals surface area contributed by atoms with Gasteiger partial charge in [0.05, 0.1) is 18.0 Å². The Hall–Kier alpha value is -0.360. The Labute approximate surface area is 78.7 Å². The van der Waals surface area contributed by atoms with Crippen LogP contribution in [0.25, 0.3) is 0 Å². The Bertz CT molecular complexity index is 270. The zero-order valence-electron chi connectivity index (χ0n) is 6.10. The summed E-state index contributed by atoms with van der Waals surface area (Å²) in [4.78, 5) is 0.835. The zero-order valence-corrected chi connectivity index (χ0v) is 7.81. The van der Waals surface area contributed by atoms with E-state index in [9.17, 15) is 8.76 Å². The fraction of sp³-hybridized carbons (Fsp3) is 0.143. The van der Waals surface area contributed by atoms with Gasteiger partial charge in [0.1, 0.15) is 0 Å². The molecule has 0 saturated carbocycles. The first-order valence-electron chi connectivity index (χ1n) is 3.19. The van der Waals surface area contributed by atoms with Crippen molar-refractivity contribution in [2.24, 2.45) is 0 Å². The lowest BCUT2D eigenvalue weighted by Gasteiger charge is -2.05. The van der Waals surface area contributed by atoms with Gasteiger partial charge in [-0.1, -0.05) is 12.1 Å². The number of benzene rings is 1. The quantitative estimate of drug-likeness (QED) is 0.595. The van der Waals surface area contributed by atoms with Gasteiger partial charge in [-0.15, -0.1) is 12.6 Å². The van der Waals surface area contributed by atoms with Crippen molar-refractivity contribution in [1.82, 2.24) is 0 Å². The highest BCUT2D eigenvalue weighted by atomic mass is 32.2. The van der Waals surface area contributed by atoms with Gasteiger partial charge in [-0.05, 0) is 17.7 Å². The maximum absolute atomic E-state index is 10.0. The molecule has 5 heteroatoms. The summed E-state index contributed by atoms with van der Waals surface area (Å²) in [6.45, 7) is 0.0736. The lowest BCUT2D eigenvalue weighted by Crippen LogP contribution is -1.95. The molecule has 0 radical (unpaired) electrons. The van der Waals surface area contributed by atoms with E-state index in [1.807, 2.05) is 0 Å². The average molecular weight is 203 g/mol. The summed E-state index contributed by atoms with van der Waals surface area (Å²) in [5.74, 6) is 0. The van der Waals surface area contributed by atoms with Crippen molar-refractivity contribution >= 4 is 24.0 Å². The molecule has 0 spiro atoms. The first-order chi connectivity index (χ1) is 5.68. The molecule has 0 N–H and O–H groups in total. The second-order valence-electron chi connectivity index (χ2n) is 2.13. The molecule has 1 aromatic carbocycles. The van der Waals surface area contributed by atoms with Crippen molar-refractivity contribution in [1.29, 1.82) is 0 Å². The average Bonchev–Trinajstić information content (AvgIpc) is 2.03. The third kappa shape index (κ3) is 3.36. The van der Waals surface area contributed by atoms with Gasteiger partial charge in [0.2, 0.25) is 0 Å². The van der Waals surface area contributed by atoms with Crippen molar-refractivity contribution in [3.8, 4) is 0 Å². The van der Waals surface area contributed by atoms with Gasteiger partial charge in [0.25, 0.3) is 0 Å². The topological polar surface area (TPSA) is 49.4 Å². The molecule has 3 nitrogen and oxygen atoms in total. The van der Waals surface area contributed by atoms with E-state index in [1.54, 1.807) is 24.3 Å². The smallest absolute Gasteiger partial charge is 0.0879 e. The van der Waals surface area contributed by atoms with Crippen LogP contribution in [0.5, 0.6) is 0 Å². The highest BCUT2D eigenvalue weighted by Gasteiger charge is 1.92. The minimum atomic E-state index is -2.44. The van der Waals surface area contributed by atoms with Crippen molar-refractivity contribution in [2.75, 3.05) is 0 Å². The lowest BCUT2D eigenvalue weighted by molar-refractivity contribution is 0.291. The molecule has 0 saturated heterocycles. The SMILES string of the molecule is O=S([O-])OCc1ccc(S)cc1. The third-order valence-corrected chi connectivity index (χ3v) is 1.87. The van der Waals surface area contributed by atoms with E-state index in [1.165, 1.54) is 0 Å². The Morgan fingerprint density at radius 3 is 2.50 bits per heavy atom. The number of rotatable bonds is 3. The van der Waals surface area contributed by atoms with Crippen LogP contribution in [0, 0.1) is 0 Å². The van der Waals surface area contributed by atoms with E-state index < -0.39 is 11.4 Å². The van der Waals surface area contributed by atoms with Gasteiger partial charge in [0, 0.05) is 4.90 Å². The summed E-state index contributed by atoms with van der Waals surface area (Å²) in [6, 6.07) is 7.06. The van der Waals surface area contributed by atoms with Gasteiger partial charge in [-0.2, -0.15) is 0 Å². The molecule has 1 unspecified atom stereocenters. The number of hydrogen-bond acceptors (Lipinski definition) is 4. The molecule has 0 aliphatic heterocycles. The van der Waals surface area contributed by atoms with E-state index in [0.29, 0.717) is 0 Å². The van der Waals surface area contributed by atoms with Crippen LogP contribution in [0.2, 0.25) is 0 Å². The van der Waals surface area contributed by atoms with Crippen LogP contribution >= 0.6 is 12.6 Å². The molecular weight excluding hydrogens is 196 g/mol. The van der Waals surface area contributed by atoms with E-state index in [-0.39, 0.29) is 6.61 Å². The molecule has 12 heavy (non-hydrogen) atoms. The highest BCUT2D eigenvalue weighted by Crippen LogP contribution is 2.08. The van der Waals surface area contributed by atoms with Crippen LogP contribution in [-0.2, 0) is 22.2 Å². The van der Waals surface area contributed by atoms with E-state index in [4.69, 9.17) is 0 Å². The summed E-state index contributed by atoms with van der Waals surface area (Å²) in [5, 5.41) is 0. The zero-order chi connectivity index (χ0) is 8.97. The number of thiol groups is 1. The minimum Gasteiger partial charge on any atom is -0.750 e. The summed E-state index contributed by atoms with van der Waals surface area (Å²) < 4.78 is 24.4. The molecule has 1 atom stereocenters. The van der Waals surface area contributed by atoms with Crippen molar-refractivity contribution in [3.05, 3.63) is 29.8 Å². The van der Waals surface area contributed by atoms with Crippen LogP contribution < -0.4 is 0 Å². The maximum Gasteiger partial charge on any atom is 0.0879 e. The molecular formula is C7H7O3S2-. The van der Waals surface area contributed by atoms with Gasteiger partial charge in [-0.25, -0.2) is 4.21 Å². The lowest BCUT2D eigenvalue weighted by atomic mass is 10.2. The molecule has 1 rings (SSSR count). The molecule has 0 aliphatic rings. The van der Waals surface area contributed by atoms with E-state index in [0.717, 1.165) is 10.5 Å². The minimum absolute atomic E-state index is 0.0736. The summed E-state index contributed by atoms with van der Waals surface area (Å²) in [6.07, 6.45) is 0. The predicted molar refractivity (Wildman–Crippen MR) is 47.4 cm³/mol. The van der Waals surface area contributed by atoms with Crippen LogP contribution in [0.15, 0.2) is 29.2 Å². The second-order valence-corrected chi connectivity index (χ2v) is 3.29. The first kappa shape index (κ1) is 9.73. The summed E-state index contributed by atoms with van der Waals surface area (Å²) in [7, 11) is 0. The van der Waals surface area contributed by atoms with Gasteiger partial charge in [0.15, 0.2) is 0 Å². The molecule has 0 aromatic heterocycles. The molecule has 0 amide bonds. The summed E-state index contributed by atoms with van der Waals surface area (Å²) >= 11 is 1.64. The van der Waals surface area contributed by atoms with Crippen LogP contribution in [0.4, 0.5) is 0 Å². The fourth-order valence-electron chi connectivity index (χ4n) is 0.708. The maximum atomic E-state index is 10.0. The predicted octanol–water partition coefficient (Wildman–Crippen LogP) is 1.29. The molecule has 1 aromatic rings. The van der Waals surface area contributed by atoms with Gasteiger partial charge in [-0.3, -0.25) is 4.18 Å². The molecule has 0 heterocycles. The third-order valence-electron chi connectivity index (χ3n) is 1.26. The summed E-state index contributed by atoms with van der Waals surface area (Å²) in [5.41, 5.74) is 0.803. The van der Waals surface area contributed by atoms with Crippen LogP contribution in [0.1, 0.15) is 5.56 Å². The Morgan fingerprint density at radius 2 is 2.00 bits per heavy atom. The van der Waals surface area contributed by atoms with Crippen LogP contribution in [0.3, 0.4) is 0 Å². The number of hydrogen-bond donors (Lipinski definition) is 1. The molecule has 66 valence electrons. The van der Waals surface area contributed by atoms with Crippen molar-refractivity contribution in [2.45, 2.75) is 11.5 Å². The van der Waals surface area contributed by atoms with E-state index >= 15 is 0 Å². The second kappa shape index (κ2) is 4.61. The van der Waals surface area contributed by atoms with Gasteiger partial charge < -0.3 is 4.55 Å². The van der Waals surface area contributed by atoms with Crippen molar-refractivity contribution in [3.63, 3.8) is 0 Å². The van der Waals surface area contributed by atoms with E-state index in [2.05, 4.69) is 16.8 Å². The Kier molecular flexibility index (Phi) is 3.74. The largest absolute Gasteiger partial charge is 0.750 e. The molecule has 0 aliphatic carbocycles. The Morgan fingerprint density at radius 1 is 1.42 bits per heavy atom. The molecule has 0 bridgehead atoms.